The van der Waals surface area contributed by atoms with Gasteiger partial charge < -0.3 is 14.9 Å². The molecular weight excluding hydrogens is 252 g/mol. The maximum atomic E-state index is 10.6. The first-order valence-corrected chi connectivity index (χ1v) is 7.43. The van der Waals surface area contributed by atoms with E-state index in [1.807, 2.05) is 11.8 Å². The second-order valence-corrected chi connectivity index (χ2v) is 5.71. The third-order valence-corrected chi connectivity index (χ3v) is 4.49. The number of aromatic carboxylic acids is 1. The molecule has 2 rings (SSSR count). The van der Waals surface area contributed by atoms with E-state index in [2.05, 4.69) is 16.7 Å². The third-order valence-electron chi connectivity index (χ3n) is 3.35. The molecule has 6 heteroatoms. The van der Waals surface area contributed by atoms with E-state index >= 15 is 0 Å². The second kappa shape index (κ2) is 6.24. The summed E-state index contributed by atoms with van der Waals surface area (Å²) >= 11 is 1.95. The fraction of sp³-hybridized carbons (Fsp3) is 0.667. The minimum absolute atomic E-state index is 0.0297. The van der Waals surface area contributed by atoms with E-state index in [0.717, 1.165) is 5.25 Å². The zero-order valence-corrected chi connectivity index (χ0v) is 11.2. The van der Waals surface area contributed by atoms with Crippen LogP contribution in [-0.2, 0) is 6.54 Å². The van der Waals surface area contributed by atoms with Gasteiger partial charge in [0.15, 0.2) is 11.5 Å². The van der Waals surface area contributed by atoms with Gasteiger partial charge in [-0.15, -0.1) is 0 Å². The lowest BCUT2D eigenvalue weighted by atomic mass is 9.95. The lowest BCUT2D eigenvalue weighted by Gasteiger charge is -2.27. The maximum Gasteiger partial charge on any atom is 0.358 e. The number of nitrogens with zero attached hydrogens (tertiary/aromatic N) is 1. The van der Waals surface area contributed by atoms with Crippen LogP contribution in [0.2, 0.25) is 0 Å². The Morgan fingerprint density at radius 3 is 2.83 bits per heavy atom. The van der Waals surface area contributed by atoms with Crippen LogP contribution in [-0.4, -0.2) is 33.8 Å². The summed E-state index contributed by atoms with van der Waals surface area (Å²) in [5, 5.41) is 16.4. The number of thioether (sulfide) groups is 1. The molecule has 0 aromatic carbocycles. The monoisotopic (exact) mass is 270 g/mol. The van der Waals surface area contributed by atoms with Gasteiger partial charge in [-0.25, -0.2) is 4.79 Å². The standard InChI is InChI=1S/C12H18N2O3S/c1-18-10-4-2-8(3-5-10)13-7-9-6-11(12(15)16)14-17-9/h6,8,10,13H,2-5,7H2,1H3,(H,15,16). The van der Waals surface area contributed by atoms with Gasteiger partial charge in [-0.3, -0.25) is 0 Å². The highest BCUT2D eigenvalue weighted by Gasteiger charge is 2.20. The van der Waals surface area contributed by atoms with Gasteiger partial charge in [0.05, 0.1) is 6.54 Å². The molecule has 0 unspecified atom stereocenters. The number of carboxylic acid groups (broad SMARTS) is 1. The molecule has 100 valence electrons. The summed E-state index contributed by atoms with van der Waals surface area (Å²) in [5.74, 6) is -0.468. The van der Waals surface area contributed by atoms with Gasteiger partial charge in [-0.1, -0.05) is 5.16 Å². The number of carboxylic acids is 1. The van der Waals surface area contributed by atoms with Crippen molar-refractivity contribution in [1.29, 1.82) is 0 Å². The van der Waals surface area contributed by atoms with Crippen molar-refractivity contribution in [3.05, 3.63) is 17.5 Å². The maximum absolute atomic E-state index is 10.6. The topological polar surface area (TPSA) is 75.4 Å². The molecule has 0 aliphatic heterocycles. The van der Waals surface area contributed by atoms with Crippen LogP contribution in [0.1, 0.15) is 41.9 Å². The van der Waals surface area contributed by atoms with Crippen molar-refractivity contribution in [3.8, 4) is 0 Å². The summed E-state index contributed by atoms with van der Waals surface area (Å²) in [5.41, 5.74) is -0.0297. The lowest BCUT2D eigenvalue weighted by Crippen LogP contribution is -2.33. The van der Waals surface area contributed by atoms with Gasteiger partial charge in [0, 0.05) is 17.4 Å². The smallest absolute Gasteiger partial charge is 0.358 e. The van der Waals surface area contributed by atoms with Gasteiger partial charge >= 0.3 is 5.97 Å². The fourth-order valence-electron chi connectivity index (χ4n) is 2.24. The Hall–Kier alpha value is -1.01. The van der Waals surface area contributed by atoms with Crippen LogP contribution in [0.15, 0.2) is 10.6 Å². The largest absolute Gasteiger partial charge is 0.476 e. The molecule has 0 radical (unpaired) electrons. The van der Waals surface area contributed by atoms with Crippen LogP contribution in [0.4, 0.5) is 0 Å². The summed E-state index contributed by atoms with van der Waals surface area (Å²) < 4.78 is 4.96. The summed E-state index contributed by atoms with van der Waals surface area (Å²) in [6.45, 7) is 0.550. The average Bonchev–Trinajstić information content (AvgIpc) is 2.86. The van der Waals surface area contributed by atoms with E-state index in [4.69, 9.17) is 9.63 Å². The zero-order valence-electron chi connectivity index (χ0n) is 10.4. The number of hydrogen-bond donors (Lipinski definition) is 2. The highest BCUT2D eigenvalue weighted by atomic mass is 32.2. The van der Waals surface area contributed by atoms with E-state index in [1.165, 1.54) is 31.7 Å². The first-order chi connectivity index (χ1) is 8.69. The first-order valence-electron chi connectivity index (χ1n) is 6.14. The molecule has 1 fully saturated rings. The first kappa shape index (κ1) is 13.4. The fourth-order valence-corrected chi connectivity index (χ4v) is 2.99. The van der Waals surface area contributed by atoms with Crippen molar-refractivity contribution in [2.24, 2.45) is 0 Å². The van der Waals surface area contributed by atoms with E-state index in [1.54, 1.807) is 0 Å². The average molecular weight is 270 g/mol. The molecule has 5 nitrogen and oxygen atoms in total. The lowest BCUT2D eigenvalue weighted by molar-refractivity contribution is 0.0685. The minimum atomic E-state index is -1.05. The van der Waals surface area contributed by atoms with Crippen LogP contribution in [0, 0.1) is 0 Å². The highest BCUT2D eigenvalue weighted by molar-refractivity contribution is 7.99. The summed E-state index contributed by atoms with van der Waals surface area (Å²) in [6.07, 6.45) is 7.00. The molecule has 0 atom stereocenters. The van der Waals surface area contributed by atoms with Crippen LogP contribution in [0.25, 0.3) is 0 Å². The molecule has 0 bridgehead atoms. The molecular formula is C12H18N2O3S. The number of aromatic nitrogens is 1. The summed E-state index contributed by atoms with van der Waals surface area (Å²) in [7, 11) is 0. The van der Waals surface area contributed by atoms with Gasteiger partial charge in [-0.05, 0) is 31.9 Å². The summed E-state index contributed by atoms with van der Waals surface area (Å²) in [4.78, 5) is 10.6. The highest BCUT2D eigenvalue weighted by Crippen LogP contribution is 2.26. The van der Waals surface area contributed by atoms with Gasteiger partial charge in [-0.2, -0.15) is 11.8 Å². The normalized spacial score (nSPS) is 24.1. The van der Waals surface area contributed by atoms with Gasteiger partial charge in [0.1, 0.15) is 0 Å². The molecule has 1 heterocycles. The second-order valence-electron chi connectivity index (χ2n) is 4.57. The molecule has 1 aromatic rings. The van der Waals surface area contributed by atoms with Crippen LogP contribution in [0.3, 0.4) is 0 Å². The Kier molecular flexibility index (Phi) is 4.66. The van der Waals surface area contributed by atoms with E-state index in [9.17, 15) is 4.79 Å². The number of rotatable bonds is 5. The predicted octanol–water partition coefficient (Wildman–Crippen LogP) is 2.14. The number of carbonyl (C=O) groups is 1. The van der Waals surface area contributed by atoms with E-state index in [-0.39, 0.29) is 5.69 Å². The van der Waals surface area contributed by atoms with Crippen LogP contribution in [0.5, 0.6) is 0 Å². The SMILES string of the molecule is CSC1CCC(NCc2cc(C(=O)O)no2)CC1. The Bertz CT molecular complexity index is 400. The third kappa shape index (κ3) is 3.49. The van der Waals surface area contributed by atoms with Crippen molar-refractivity contribution in [1.82, 2.24) is 10.5 Å². The van der Waals surface area contributed by atoms with Crippen LogP contribution >= 0.6 is 11.8 Å². The molecule has 1 aliphatic rings. The van der Waals surface area contributed by atoms with Gasteiger partial charge in [0.25, 0.3) is 0 Å². The van der Waals surface area contributed by atoms with Crippen molar-refractivity contribution in [2.45, 2.75) is 43.5 Å². The molecule has 18 heavy (non-hydrogen) atoms. The molecule has 0 saturated heterocycles. The Labute approximate surface area is 110 Å². The molecule has 2 N–H and O–H groups in total. The van der Waals surface area contributed by atoms with Crippen molar-refractivity contribution in [3.63, 3.8) is 0 Å². The summed E-state index contributed by atoms with van der Waals surface area (Å²) in [6, 6.07) is 1.98. The van der Waals surface area contributed by atoms with Crippen molar-refractivity contribution in [2.75, 3.05) is 6.26 Å². The minimum Gasteiger partial charge on any atom is -0.476 e. The molecule has 1 saturated carbocycles. The molecule has 1 aliphatic carbocycles. The molecule has 1 aromatic heterocycles. The van der Waals surface area contributed by atoms with Crippen LogP contribution < -0.4 is 5.32 Å². The van der Waals surface area contributed by atoms with Crippen molar-refractivity contribution >= 4 is 17.7 Å². The predicted molar refractivity (Wildman–Crippen MR) is 69.9 cm³/mol. The number of hydrogen-bond acceptors (Lipinski definition) is 5. The molecule has 0 spiro atoms. The quantitative estimate of drug-likeness (QED) is 0.853. The van der Waals surface area contributed by atoms with Gasteiger partial charge in [0.2, 0.25) is 0 Å². The van der Waals surface area contributed by atoms with E-state index in [0.29, 0.717) is 18.3 Å². The molecule has 0 amide bonds. The number of nitrogens with one attached hydrogen (secondary N) is 1. The Balaban J connectivity index is 1.76. The van der Waals surface area contributed by atoms with E-state index < -0.39 is 5.97 Å². The Morgan fingerprint density at radius 1 is 1.56 bits per heavy atom. The van der Waals surface area contributed by atoms with Crippen molar-refractivity contribution < 1.29 is 14.4 Å². The Morgan fingerprint density at radius 2 is 2.28 bits per heavy atom. The zero-order chi connectivity index (χ0) is 13.0.